The highest BCUT2D eigenvalue weighted by Gasteiger charge is 2.31. The first-order chi connectivity index (χ1) is 17.7. The minimum absolute atomic E-state index is 0.0618. The average Bonchev–Trinajstić information content (AvgIpc) is 3.34. The molecule has 12 heteroatoms. The highest BCUT2D eigenvalue weighted by Crippen LogP contribution is 2.32. The number of thiazole rings is 1. The van der Waals surface area contributed by atoms with E-state index in [9.17, 15) is 22.8 Å². The van der Waals surface area contributed by atoms with E-state index in [1.807, 2.05) is 4.90 Å². The van der Waals surface area contributed by atoms with Crippen LogP contribution in [-0.4, -0.2) is 62.1 Å². The number of hydrogen-bond acceptors (Lipinski definition) is 7. The number of carbonyl (C=O) groups excluding carboxylic acids is 2. The van der Waals surface area contributed by atoms with Gasteiger partial charge in [0.25, 0.3) is 5.91 Å². The van der Waals surface area contributed by atoms with Crippen LogP contribution < -0.4 is 19.7 Å². The maximum absolute atomic E-state index is 13.0. The van der Waals surface area contributed by atoms with Crippen LogP contribution in [0.15, 0.2) is 47.8 Å². The molecule has 1 saturated heterocycles. The van der Waals surface area contributed by atoms with Gasteiger partial charge in [0.15, 0.2) is 16.6 Å². The van der Waals surface area contributed by atoms with Crippen LogP contribution in [0.1, 0.15) is 21.6 Å². The molecule has 0 atom stereocenters. The second kappa shape index (κ2) is 11.1. The molecule has 1 fully saturated rings. The summed E-state index contributed by atoms with van der Waals surface area (Å²) in [4.78, 5) is 33.2. The first kappa shape index (κ1) is 26.3. The maximum Gasteiger partial charge on any atom is 0.416 e. The first-order valence-electron chi connectivity index (χ1n) is 11.4. The second-order valence-electron chi connectivity index (χ2n) is 8.26. The first-order valence-corrected chi connectivity index (χ1v) is 12.2. The van der Waals surface area contributed by atoms with E-state index in [-0.39, 0.29) is 18.2 Å². The molecular weight excluding hydrogens is 509 g/mol. The normalized spacial score (nSPS) is 13.9. The van der Waals surface area contributed by atoms with E-state index in [2.05, 4.69) is 10.3 Å². The van der Waals surface area contributed by atoms with E-state index >= 15 is 0 Å². The van der Waals surface area contributed by atoms with Crippen molar-refractivity contribution in [1.29, 1.82) is 0 Å². The van der Waals surface area contributed by atoms with Gasteiger partial charge < -0.3 is 19.3 Å². The second-order valence-corrected chi connectivity index (χ2v) is 9.12. The third-order valence-electron chi connectivity index (χ3n) is 5.92. The Labute approximate surface area is 215 Å². The van der Waals surface area contributed by atoms with E-state index < -0.39 is 11.7 Å². The zero-order valence-electron chi connectivity index (χ0n) is 20.2. The number of benzene rings is 2. The molecule has 1 N–H and O–H groups in total. The standard InChI is InChI=1S/C25H25F3N4O4S/c1-35-20-7-6-16(12-21(20)36-2)23(34)30-24-29-18(15-37-24)14-22(33)32-10-8-31(9-11-32)19-5-3-4-17(13-19)25(26,27)28/h3-7,12-13,15H,8-11,14H2,1-2H3,(H,29,30,34). The molecule has 2 amide bonds. The summed E-state index contributed by atoms with van der Waals surface area (Å²) in [5, 5.41) is 4.79. The van der Waals surface area contributed by atoms with Gasteiger partial charge in [-0.2, -0.15) is 13.2 Å². The van der Waals surface area contributed by atoms with Gasteiger partial charge in [0, 0.05) is 42.8 Å². The number of ether oxygens (including phenoxy) is 2. The summed E-state index contributed by atoms with van der Waals surface area (Å²) in [5.74, 6) is 0.420. The van der Waals surface area contributed by atoms with Crippen LogP contribution in [-0.2, 0) is 17.4 Å². The van der Waals surface area contributed by atoms with E-state index in [0.717, 1.165) is 12.1 Å². The van der Waals surface area contributed by atoms with Crippen molar-refractivity contribution in [3.63, 3.8) is 0 Å². The van der Waals surface area contributed by atoms with Crippen LogP contribution >= 0.6 is 11.3 Å². The quantitative estimate of drug-likeness (QED) is 0.486. The van der Waals surface area contributed by atoms with Gasteiger partial charge in [0.05, 0.1) is 31.9 Å². The predicted molar refractivity (Wildman–Crippen MR) is 134 cm³/mol. The summed E-state index contributed by atoms with van der Waals surface area (Å²) >= 11 is 1.21. The van der Waals surface area contributed by atoms with Crippen molar-refractivity contribution in [2.45, 2.75) is 12.6 Å². The smallest absolute Gasteiger partial charge is 0.416 e. The van der Waals surface area contributed by atoms with Gasteiger partial charge in [0.1, 0.15) is 0 Å². The lowest BCUT2D eigenvalue weighted by atomic mass is 10.1. The third kappa shape index (κ3) is 6.31. The van der Waals surface area contributed by atoms with Crippen LogP contribution in [0.25, 0.3) is 0 Å². The fourth-order valence-corrected chi connectivity index (χ4v) is 4.66. The lowest BCUT2D eigenvalue weighted by Gasteiger charge is -2.36. The Balaban J connectivity index is 1.31. The molecule has 0 radical (unpaired) electrons. The summed E-state index contributed by atoms with van der Waals surface area (Å²) in [7, 11) is 2.99. The van der Waals surface area contributed by atoms with Crippen molar-refractivity contribution < 1.29 is 32.2 Å². The zero-order chi connectivity index (χ0) is 26.6. The molecule has 1 aromatic heterocycles. The van der Waals surface area contributed by atoms with E-state index in [0.29, 0.717) is 59.8 Å². The van der Waals surface area contributed by atoms with Crippen molar-refractivity contribution in [3.05, 3.63) is 64.7 Å². The highest BCUT2D eigenvalue weighted by molar-refractivity contribution is 7.14. The number of halogens is 3. The Bertz CT molecular complexity index is 1270. The van der Waals surface area contributed by atoms with Crippen molar-refractivity contribution in [1.82, 2.24) is 9.88 Å². The molecule has 2 heterocycles. The molecule has 196 valence electrons. The monoisotopic (exact) mass is 534 g/mol. The van der Waals surface area contributed by atoms with Gasteiger partial charge in [-0.1, -0.05) is 6.07 Å². The molecule has 0 aliphatic carbocycles. The number of methoxy groups -OCH3 is 2. The molecule has 37 heavy (non-hydrogen) atoms. The minimum Gasteiger partial charge on any atom is -0.493 e. The van der Waals surface area contributed by atoms with Gasteiger partial charge in [-0.3, -0.25) is 14.9 Å². The number of alkyl halides is 3. The van der Waals surface area contributed by atoms with Crippen molar-refractivity contribution >= 4 is 34.0 Å². The summed E-state index contributed by atoms with van der Waals surface area (Å²) in [5.41, 5.74) is 0.680. The fraction of sp³-hybridized carbons (Fsp3) is 0.320. The largest absolute Gasteiger partial charge is 0.493 e. The Morgan fingerprint density at radius 3 is 2.43 bits per heavy atom. The summed E-state index contributed by atoms with van der Waals surface area (Å²) in [6, 6.07) is 10.00. The highest BCUT2D eigenvalue weighted by atomic mass is 32.1. The molecule has 1 aliphatic rings. The van der Waals surface area contributed by atoms with Crippen LogP contribution in [0.3, 0.4) is 0 Å². The molecule has 0 saturated carbocycles. The Hall–Kier alpha value is -3.80. The Kier molecular flexibility index (Phi) is 7.86. The lowest BCUT2D eigenvalue weighted by Crippen LogP contribution is -2.49. The number of hydrogen-bond donors (Lipinski definition) is 1. The minimum atomic E-state index is -4.40. The summed E-state index contributed by atoms with van der Waals surface area (Å²) in [6.45, 7) is 1.64. The Morgan fingerprint density at radius 1 is 1.03 bits per heavy atom. The molecule has 1 aliphatic heterocycles. The number of nitrogens with one attached hydrogen (secondary N) is 1. The van der Waals surface area contributed by atoms with Gasteiger partial charge in [-0.15, -0.1) is 11.3 Å². The lowest BCUT2D eigenvalue weighted by molar-refractivity contribution is -0.137. The van der Waals surface area contributed by atoms with Crippen LogP contribution in [0.2, 0.25) is 0 Å². The van der Waals surface area contributed by atoms with Crippen molar-refractivity contribution in [3.8, 4) is 11.5 Å². The average molecular weight is 535 g/mol. The molecule has 3 aromatic rings. The molecule has 2 aromatic carbocycles. The van der Waals surface area contributed by atoms with Gasteiger partial charge in [0.2, 0.25) is 5.91 Å². The van der Waals surface area contributed by atoms with E-state index in [4.69, 9.17) is 9.47 Å². The molecular formula is C25H25F3N4O4S. The van der Waals surface area contributed by atoms with Gasteiger partial charge in [-0.25, -0.2) is 4.98 Å². The van der Waals surface area contributed by atoms with Crippen molar-refractivity contribution in [2.24, 2.45) is 0 Å². The van der Waals surface area contributed by atoms with Crippen LogP contribution in [0.5, 0.6) is 11.5 Å². The number of amides is 2. The predicted octanol–water partition coefficient (Wildman–Crippen LogP) is 4.32. The summed E-state index contributed by atoms with van der Waals surface area (Å²) < 4.78 is 49.5. The van der Waals surface area contributed by atoms with E-state index in [1.165, 1.54) is 31.6 Å². The molecule has 8 nitrogen and oxygen atoms in total. The van der Waals surface area contributed by atoms with Crippen LogP contribution in [0, 0.1) is 0 Å². The molecule has 4 rings (SSSR count). The number of piperazine rings is 1. The third-order valence-corrected chi connectivity index (χ3v) is 6.73. The maximum atomic E-state index is 13.0. The number of nitrogens with zero attached hydrogens (tertiary/aromatic N) is 3. The molecule has 0 unspecified atom stereocenters. The number of carbonyl (C=O) groups is 2. The van der Waals surface area contributed by atoms with E-state index in [1.54, 1.807) is 34.5 Å². The van der Waals surface area contributed by atoms with Gasteiger partial charge in [-0.05, 0) is 36.4 Å². The zero-order valence-corrected chi connectivity index (χ0v) is 21.0. The van der Waals surface area contributed by atoms with Crippen LogP contribution in [0.4, 0.5) is 24.0 Å². The fourth-order valence-electron chi connectivity index (χ4n) is 3.95. The number of anilines is 2. The van der Waals surface area contributed by atoms with Crippen molar-refractivity contribution in [2.75, 3.05) is 50.6 Å². The number of aromatic nitrogens is 1. The topological polar surface area (TPSA) is 84.0 Å². The molecule has 0 bridgehead atoms. The Morgan fingerprint density at radius 2 is 1.76 bits per heavy atom. The number of rotatable bonds is 7. The summed E-state index contributed by atoms with van der Waals surface area (Å²) in [6.07, 6.45) is -4.34. The van der Waals surface area contributed by atoms with Gasteiger partial charge >= 0.3 is 6.18 Å². The molecule has 0 spiro atoms. The SMILES string of the molecule is COc1ccc(C(=O)Nc2nc(CC(=O)N3CCN(c4cccc(C(F)(F)F)c4)CC3)cs2)cc1OC.